The van der Waals surface area contributed by atoms with Gasteiger partial charge in [0.15, 0.2) is 5.58 Å². The van der Waals surface area contributed by atoms with Crippen molar-refractivity contribution in [3.63, 3.8) is 0 Å². The molecule has 1 aromatic heterocycles. The third-order valence-electron chi connectivity index (χ3n) is 5.72. The van der Waals surface area contributed by atoms with Gasteiger partial charge in [-0.05, 0) is 36.8 Å². The van der Waals surface area contributed by atoms with E-state index in [1.807, 2.05) is 24.3 Å². The summed E-state index contributed by atoms with van der Waals surface area (Å²) in [7, 11) is 0. The van der Waals surface area contributed by atoms with Crippen LogP contribution in [0.1, 0.15) is 24.9 Å². The van der Waals surface area contributed by atoms with E-state index < -0.39 is 11.8 Å². The number of hydrogen-bond acceptors (Lipinski definition) is 6. The zero-order valence-corrected chi connectivity index (χ0v) is 18.6. The monoisotopic (exact) mass is 452 g/mol. The van der Waals surface area contributed by atoms with E-state index in [9.17, 15) is 14.4 Å². The molecule has 2 amide bonds. The molecule has 1 atom stereocenters. The molecule has 1 saturated heterocycles. The first-order chi connectivity index (χ1) is 16.0. The largest absolute Gasteiger partial charge is 0.420 e. The predicted molar refractivity (Wildman–Crippen MR) is 124 cm³/mol. The number of carbonyl (C=O) groups is 2. The van der Waals surface area contributed by atoms with Gasteiger partial charge in [0.1, 0.15) is 6.04 Å². The van der Waals surface area contributed by atoms with Crippen molar-refractivity contribution < 1.29 is 18.7 Å². The molecule has 2 aromatic carbocycles. The number of nitrogens with zero attached hydrogens (tertiary/aromatic N) is 2. The molecule has 2 heterocycles. The fourth-order valence-corrected chi connectivity index (χ4v) is 3.87. The van der Waals surface area contributed by atoms with Crippen molar-refractivity contribution in [2.75, 3.05) is 38.2 Å². The zero-order chi connectivity index (χ0) is 23.2. The number of morpholine rings is 1. The molecule has 0 bridgehead atoms. The number of amides is 2. The summed E-state index contributed by atoms with van der Waals surface area (Å²) >= 11 is 0. The number of rotatable bonds is 8. The highest BCUT2D eigenvalue weighted by Gasteiger charge is 2.21. The summed E-state index contributed by atoms with van der Waals surface area (Å²) in [6.07, 6.45) is 0.409. The van der Waals surface area contributed by atoms with Crippen LogP contribution < -0.4 is 16.4 Å². The lowest BCUT2D eigenvalue weighted by molar-refractivity contribution is -0.124. The maximum absolute atomic E-state index is 12.7. The first-order valence-corrected chi connectivity index (χ1v) is 11.1. The van der Waals surface area contributed by atoms with Gasteiger partial charge < -0.3 is 19.8 Å². The summed E-state index contributed by atoms with van der Waals surface area (Å²) < 4.78 is 11.9. The molecule has 9 nitrogen and oxygen atoms in total. The summed E-state index contributed by atoms with van der Waals surface area (Å²) in [6.45, 7) is 5.74. The second kappa shape index (κ2) is 10.5. The third-order valence-corrected chi connectivity index (χ3v) is 5.72. The summed E-state index contributed by atoms with van der Waals surface area (Å²) in [5.41, 5.74) is 2.54. The van der Waals surface area contributed by atoms with Crippen LogP contribution in [0, 0.1) is 0 Å². The van der Waals surface area contributed by atoms with Crippen LogP contribution in [0.2, 0.25) is 0 Å². The van der Waals surface area contributed by atoms with Crippen LogP contribution in [-0.2, 0) is 20.9 Å². The molecule has 4 rings (SSSR count). The number of para-hydroxylation sites is 2. The van der Waals surface area contributed by atoms with Crippen LogP contribution in [-0.4, -0.2) is 54.1 Å². The minimum atomic E-state index is -0.732. The second-order valence-electron chi connectivity index (χ2n) is 8.05. The molecule has 33 heavy (non-hydrogen) atoms. The van der Waals surface area contributed by atoms with E-state index in [0.717, 1.165) is 18.7 Å². The quantitative estimate of drug-likeness (QED) is 0.543. The van der Waals surface area contributed by atoms with E-state index in [1.54, 1.807) is 31.2 Å². The Labute approximate surface area is 191 Å². The van der Waals surface area contributed by atoms with Gasteiger partial charge in [0.2, 0.25) is 11.8 Å². The molecule has 1 unspecified atom stereocenters. The second-order valence-corrected chi connectivity index (χ2v) is 8.05. The van der Waals surface area contributed by atoms with Crippen LogP contribution >= 0.6 is 0 Å². The summed E-state index contributed by atoms with van der Waals surface area (Å²) in [6, 6.07) is 13.6. The van der Waals surface area contributed by atoms with Crippen molar-refractivity contribution in [1.82, 2.24) is 14.8 Å². The van der Waals surface area contributed by atoms with Gasteiger partial charge >= 0.3 is 5.76 Å². The highest BCUT2D eigenvalue weighted by molar-refractivity contribution is 5.91. The summed E-state index contributed by atoms with van der Waals surface area (Å²) in [5.74, 6) is -0.924. The predicted octanol–water partition coefficient (Wildman–Crippen LogP) is 2.13. The van der Waals surface area contributed by atoms with E-state index in [1.165, 1.54) is 4.57 Å². The SMILES string of the molecule is CC(C(=O)NCc1cccc(NC(=O)CCN2CCOCC2)c1)n1c(=O)oc2ccccc21. The minimum Gasteiger partial charge on any atom is -0.408 e. The van der Waals surface area contributed by atoms with Gasteiger partial charge in [0.05, 0.1) is 18.7 Å². The molecule has 2 N–H and O–H groups in total. The van der Waals surface area contributed by atoms with Crippen molar-refractivity contribution in [3.8, 4) is 0 Å². The molecule has 3 aromatic rings. The number of carbonyl (C=O) groups excluding carboxylic acids is 2. The molecular formula is C24H28N4O5. The van der Waals surface area contributed by atoms with Crippen LogP contribution in [0.25, 0.3) is 11.1 Å². The van der Waals surface area contributed by atoms with Gasteiger partial charge in [0, 0.05) is 38.3 Å². The van der Waals surface area contributed by atoms with Gasteiger partial charge in [-0.15, -0.1) is 0 Å². The Bertz CT molecular complexity index is 1180. The van der Waals surface area contributed by atoms with E-state index in [4.69, 9.17) is 9.15 Å². The van der Waals surface area contributed by atoms with Crippen molar-refractivity contribution in [2.45, 2.75) is 25.9 Å². The standard InChI is InChI=1S/C24H28N4O5/c1-17(28-20-7-2-3-8-21(20)33-24(28)31)23(30)25-16-18-5-4-6-19(15-18)26-22(29)9-10-27-11-13-32-14-12-27/h2-8,15,17H,9-14,16H2,1H3,(H,25,30)(H,26,29). The maximum atomic E-state index is 12.7. The fraction of sp³-hybridized carbons (Fsp3) is 0.375. The highest BCUT2D eigenvalue weighted by Crippen LogP contribution is 2.17. The number of oxazole rings is 1. The third kappa shape index (κ3) is 5.68. The summed E-state index contributed by atoms with van der Waals surface area (Å²) in [5, 5.41) is 5.77. The molecule has 0 saturated carbocycles. The zero-order valence-electron chi connectivity index (χ0n) is 18.6. The molecule has 0 radical (unpaired) electrons. The Morgan fingerprint density at radius 2 is 1.88 bits per heavy atom. The van der Waals surface area contributed by atoms with Crippen molar-refractivity contribution >= 4 is 28.6 Å². The first kappa shape index (κ1) is 22.8. The van der Waals surface area contributed by atoms with Gasteiger partial charge in [-0.2, -0.15) is 0 Å². The molecule has 0 spiro atoms. The number of nitrogens with one attached hydrogen (secondary N) is 2. The lowest BCUT2D eigenvalue weighted by Crippen LogP contribution is -2.38. The number of fused-ring (bicyclic) bond motifs is 1. The van der Waals surface area contributed by atoms with Gasteiger partial charge in [-0.1, -0.05) is 24.3 Å². The van der Waals surface area contributed by atoms with Crippen LogP contribution in [0.3, 0.4) is 0 Å². The highest BCUT2D eigenvalue weighted by atomic mass is 16.5. The van der Waals surface area contributed by atoms with E-state index >= 15 is 0 Å². The number of anilines is 1. The van der Waals surface area contributed by atoms with E-state index in [-0.39, 0.29) is 18.4 Å². The van der Waals surface area contributed by atoms with E-state index in [2.05, 4.69) is 15.5 Å². The smallest absolute Gasteiger partial charge is 0.408 e. The Hall–Kier alpha value is -3.43. The fourth-order valence-electron chi connectivity index (χ4n) is 3.87. The number of ether oxygens (including phenoxy) is 1. The van der Waals surface area contributed by atoms with Gasteiger partial charge in [0.25, 0.3) is 0 Å². The number of hydrogen-bond donors (Lipinski definition) is 2. The Morgan fingerprint density at radius 3 is 2.70 bits per heavy atom. The van der Waals surface area contributed by atoms with Crippen LogP contribution in [0.4, 0.5) is 5.69 Å². The molecule has 1 aliphatic rings. The maximum Gasteiger partial charge on any atom is 0.420 e. The average molecular weight is 453 g/mol. The number of benzene rings is 2. The Balaban J connectivity index is 1.31. The normalized spacial score (nSPS) is 15.3. The lowest BCUT2D eigenvalue weighted by atomic mass is 10.2. The van der Waals surface area contributed by atoms with Gasteiger partial charge in [-0.3, -0.25) is 19.1 Å². The molecular weight excluding hydrogens is 424 g/mol. The van der Waals surface area contributed by atoms with E-state index in [0.29, 0.717) is 43.0 Å². The minimum absolute atomic E-state index is 0.0532. The summed E-state index contributed by atoms with van der Waals surface area (Å²) in [4.78, 5) is 39.5. The van der Waals surface area contributed by atoms with Crippen molar-refractivity contribution in [3.05, 3.63) is 64.6 Å². The van der Waals surface area contributed by atoms with Crippen molar-refractivity contribution in [2.24, 2.45) is 0 Å². The molecule has 9 heteroatoms. The lowest BCUT2D eigenvalue weighted by Gasteiger charge is -2.26. The molecule has 0 aliphatic carbocycles. The first-order valence-electron chi connectivity index (χ1n) is 11.1. The molecule has 174 valence electrons. The molecule has 1 fully saturated rings. The van der Waals surface area contributed by atoms with Crippen LogP contribution in [0.15, 0.2) is 57.7 Å². The topological polar surface area (TPSA) is 106 Å². The van der Waals surface area contributed by atoms with Gasteiger partial charge in [-0.25, -0.2) is 4.79 Å². The Kier molecular flexibility index (Phi) is 7.21. The van der Waals surface area contributed by atoms with Crippen LogP contribution in [0.5, 0.6) is 0 Å². The number of aromatic nitrogens is 1. The van der Waals surface area contributed by atoms with Crippen molar-refractivity contribution in [1.29, 1.82) is 0 Å². The Morgan fingerprint density at radius 1 is 1.09 bits per heavy atom. The molecule has 1 aliphatic heterocycles. The average Bonchev–Trinajstić information content (AvgIpc) is 3.17.